The molecule has 0 aliphatic heterocycles. The molecule has 0 aromatic heterocycles. The molecule has 15 unspecified atom stereocenters. The molecule has 4 N–H and O–H groups in total. The normalized spacial score (nSPS) is 39.2. The van der Waals surface area contributed by atoms with Crippen LogP contribution >= 0.6 is 0 Å². The molecule has 0 bridgehead atoms. The zero-order chi connectivity index (χ0) is 52.2. The van der Waals surface area contributed by atoms with Crippen LogP contribution in [0.25, 0.3) is 0 Å². The lowest BCUT2D eigenvalue weighted by molar-refractivity contribution is -0.189. The zero-order valence-corrected chi connectivity index (χ0v) is 46.8. The van der Waals surface area contributed by atoms with Crippen molar-refractivity contribution < 1.29 is 44.3 Å². The second-order valence-electron chi connectivity index (χ2n) is 27.2. The highest BCUT2D eigenvalue weighted by atomic mass is 16.6. The maximum Gasteiger partial charge on any atom is 0.306 e. The zero-order valence-electron chi connectivity index (χ0n) is 46.8. The Morgan fingerprint density at radius 3 is 2.23 bits per heavy atom. The summed E-state index contributed by atoms with van der Waals surface area (Å²) in [6.45, 7) is 16.8. The molecule has 73 heavy (non-hydrogen) atoms. The lowest BCUT2D eigenvalue weighted by Gasteiger charge is -2.60. The molecule has 0 saturated heterocycles. The largest absolute Gasteiger partial charge is 0.462 e. The molecule has 8 rings (SSSR count). The van der Waals surface area contributed by atoms with E-state index in [2.05, 4.69) is 45.6 Å². The van der Waals surface area contributed by atoms with E-state index in [1.807, 2.05) is 13.0 Å². The standard InChI is InChI=1S/C63H103NO9/c1-43(2)17-11-12-18-44-23-26-51-49-24-21-46-40-48(28-32-60(46,4)52(49)29-33-59(44,51)3)73-57(70)20-10-8-14-36-64(37-15-16-38-65)35-13-7-9-19-56(69)72-42-55(68)63(71)34-30-53-50-25-22-45-39-47(66)27-31-61(45,5)58(50)54(67)41-62(53,63)6/h21,39,43-44,48-54,56,58,65,67,69,71H,7-20,22-38,40-42H2,1-6H3. The van der Waals surface area contributed by atoms with Gasteiger partial charge in [0.2, 0.25) is 0 Å². The fourth-order valence-electron chi connectivity index (χ4n) is 18.4. The van der Waals surface area contributed by atoms with Gasteiger partial charge in [-0.2, -0.15) is 0 Å². The molecule has 0 aromatic rings. The number of ketones is 2. The Balaban J connectivity index is 0.703. The predicted molar refractivity (Wildman–Crippen MR) is 288 cm³/mol. The minimum Gasteiger partial charge on any atom is -0.462 e. The van der Waals surface area contributed by atoms with Gasteiger partial charge in [0.15, 0.2) is 17.9 Å². The van der Waals surface area contributed by atoms with Crippen LogP contribution in [-0.2, 0) is 23.9 Å². The van der Waals surface area contributed by atoms with Gasteiger partial charge in [-0.1, -0.05) is 90.9 Å². The number of nitrogens with zero attached hydrogens (tertiary/aromatic N) is 1. The smallest absolute Gasteiger partial charge is 0.306 e. The van der Waals surface area contributed by atoms with Gasteiger partial charge in [0.25, 0.3) is 0 Å². The number of esters is 1. The summed E-state index contributed by atoms with van der Waals surface area (Å²) in [5.41, 5.74) is 0.907. The van der Waals surface area contributed by atoms with Crippen LogP contribution in [0.1, 0.15) is 228 Å². The Labute approximate surface area is 442 Å². The number of allylic oxidation sites excluding steroid dienone is 2. The summed E-state index contributed by atoms with van der Waals surface area (Å²) in [7, 11) is 0. The van der Waals surface area contributed by atoms with E-state index in [1.54, 1.807) is 5.57 Å². The van der Waals surface area contributed by atoms with E-state index in [0.29, 0.717) is 43.9 Å². The van der Waals surface area contributed by atoms with Gasteiger partial charge in [0.05, 0.1) is 6.10 Å². The molecule has 414 valence electrons. The number of carbonyl (C=O) groups excluding carboxylic acids is 3. The summed E-state index contributed by atoms with van der Waals surface area (Å²) >= 11 is 0. The van der Waals surface area contributed by atoms with Crippen molar-refractivity contribution >= 4 is 17.5 Å². The molecule has 10 heteroatoms. The first kappa shape index (κ1) is 57.2. The molecule has 0 aromatic carbocycles. The molecule has 0 spiro atoms. The number of aliphatic hydroxyl groups excluding tert-OH is 3. The van der Waals surface area contributed by atoms with Crippen molar-refractivity contribution in [3.05, 3.63) is 23.3 Å². The first-order valence-electron chi connectivity index (χ1n) is 30.6. The van der Waals surface area contributed by atoms with Crippen LogP contribution in [-0.4, -0.2) is 99.8 Å². The van der Waals surface area contributed by atoms with E-state index in [0.717, 1.165) is 139 Å². The van der Waals surface area contributed by atoms with Gasteiger partial charge < -0.3 is 34.8 Å². The van der Waals surface area contributed by atoms with Crippen LogP contribution < -0.4 is 0 Å². The van der Waals surface area contributed by atoms with E-state index >= 15 is 0 Å². The number of fused-ring (bicyclic) bond motifs is 10. The first-order valence-corrected chi connectivity index (χ1v) is 30.6. The number of rotatable bonds is 26. The molecule has 0 amide bonds. The molecule has 0 radical (unpaired) electrons. The van der Waals surface area contributed by atoms with Gasteiger partial charge in [-0.25, -0.2) is 0 Å². The van der Waals surface area contributed by atoms with Gasteiger partial charge in [0, 0.05) is 31.3 Å². The van der Waals surface area contributed by atoms with E-state index in [9.17, 15) is 34.8 Å². The van der Waals surface area contributed by atoms with Crippen LogP contribution in [0, 0.1) is 69.0 Å². The van der Waals surface area contributed by atoms with Gasteiger partial charge in [0.1, 0.15) is 18.3 Å². The lowest BCUT2D eigenvalue weighted by Crippen LogP contribution is -2.62. The molecule has 6 fully saturated rings. The van der Waals surface area contributed by atoms with E-state index in [4.69, 9.17) is 9.47 Å². The minimum absolute atomic E-state index is 0.0121. The molecule has 8 aliphatic carbocycles. The third kappa shape index (κ3) is 12.1. The molecule has 8 aliphatic rings. The number of hydrogen-bond acceptors (Lipinski definition) is 10. The molecular weight excluding hydrogens is 915 g/mol. The Hall–Kier alpha value is -1.95. The fraction of sp³-hybridized carbons (Fsp3) is 0.889. The molecule has 15 atom stereocenters. The van der Waals surface area contributed by atoms with Crippen LogP contribution in [0.4, 0.5) is 0 Å². The van der Waals surface area contributed by atoms with Crippen molar-refractivity contribution in [3.63, 3.8) is 0 Å². The van der Waals surface area contributed by atoms with Gasteiger partial charge in [-0.3, -0.25) is 14.4 Å². The number of Topliss-reactive ketones (excluding diaryl/α,β-unsaturated/α-hetero) is 1. The van der Waals surface area contributed by atoms with Crippen molar-refractivity contribution in [2.45, 2.75) is 252 Å². The van der Waals surface area contributed by atoms with Crippen LogP contribution in [0.5, 0.6) is 0 Å². The maximum absolute atomic E-state index is 13.8. The lowest BCUT2D eigenvalue weighted by atomic mass is 9.45. The van der Waals surface area contributed by atoms with Gasteiger partial charge in [-0.05, 0) is 224 Å². The Bertz CT molecular complexity index is 1950. The van der Waals surface area contributed by atoms with E-state index in [-0.39, 0.29) is 59.7 Å². The van der Waals surface area contributed by atoms with Crippen molar-refractivity contribution in [3.8, 4) is 0 Å². The SMILES string of the molecule is CC(C)CCCCC1CCC2C3CC=C4CC(OC(=O)CCCCCN(CCCCO)CCCCCC(O)OCC(=O)C5(O)CCC6C7CCC8=CC(=O)CCC8(C)C7C(O)CC65C)CCC4(C)C3CCC12C. The highest BCUT2D eigenvalue weighted by molar-refractivity contribution is 5.92. The average Bonchev–Trinajstić information content (AvgIpc) is 3.83. The third-order valence-corrected chi connectivity index (χ3v) is 22.7. The number of unbranched alkanes of at least 4 members (excludes halogenated alkanes) is 6. The first-order chi connectivity index (χ1) is 34.9. The molecular formula is C63H103NO9. The van der Waals surface area contributed by atoms with Crippen molar-refractivity contribution in [1.82, 2.24) is 4.90 Å². The second kappa shape index (κ2) is 24.4. The molecule has 10 nitrogen and oxygen atoms in total. The number of hydrogen-bond donors (Lipinski definition) is 4. The van der Waals surface area contributed by atoms with Gasteiger partial charge >= 0.3 is 5.97 Å². The summed E-state index contributed by atoms with van der Waals surface area (Å²) in [5.74, 6) is 4.22. The average molecular weight is 1020 g/mol. The third-order valence-electron chi connectivity index (χ3n) is 22.7. The Morgan fingerprint density at radius 2 is 1.48 bits per heavy atom. The minimum atomic E-state index is -1.62. The Kier molecular flexibility index (Phi) is 19.1. The summed E-state index contributed by atoms with van der Waals surface area (Å²) < 4.78 is 11.9. The number of ether oxygens (including phenoxy) is 2. The van der Waals surface area contributed by atoms with Crippen molar-refractivity contribution in [1.29, 1.82) is 0 Å². The summed E-state index contributed by atoms with van der Waals surface area (Å²) in [5, 5.41) is 44.1. The van der Waals surface area contributed by atoms with Gasteiger partial charge in [-0.15, -0.1) is 0 Å². The van der Waals surface area contributed by atoms with Crippen LogP contribution in [0.2, 0.25) is 0 Å². The van der Waals surface area contributed by atoms with Crippen molar-refractivity contribution in [2.75, 3.05) is 32.8 Å². The van der Waals surface area contributed by atoms with E-state index < -0.39 is 29.2 Å². The molecule has 0 heterocycles. The highest BCUT2D eigenvalue weighted by Gasteiger charge is 2.68. The summed E-state index contributed by atoms with van der Waals surface area (Å²) in [6.07, 6.45) is 30.6. The summed E-state index contributed by atoms with van der Waals surface area (Å²) in [4.78, 5) is 41.8. The number of aliphatic hydroxyl groups is 4. The maximum atomic E-state index is 13.8. The Morgan fingerprint density at radius 1 is 0.753 bits per heavy atom. The summed E-state index contributed by atoms with van der Waals surface area (Å²) in [6, 6.07) is 0. The second-order valence-corrected chi connectivity index (χ2v) is 27.2. The van der Waals surface area contributed by atoms with Crippen LogP contribution in [0.3, 0.4) is 0 Å². The van der Waals surface area contributed by atoms with E-state index in [1.165, 1.54) is 63.4 Å². The quantitative estimate of drug-likeness (QED) is 0.0285. The predicted octanol–water partition coefficient (Wildman–Crippen LogP) is 12.0. The highest BCUT2D eigenvalue weighted by Crippen LogP contribution is 2.69. The van der Waals surface area contributed by atoms with Crippen molar-refractivity contribution in [2.24, 2.45) is 69.0 Å². The fourth-order valence-corrected chi connectivity index (χ4v) is 18.4. The monoisotopic (exact) mass is 1020 g/mol. The molecule has 6 saturated carbocycles. The number of carbonyl (C=O) groups is 3. The topological polar surface area (TPSA) is 154 Å². The van der Waals surface area contributed by atoms with Crippen LogP contribution in [0.15, 0.2) is 23.3 Å².